The first-order valence-electron chi connectivity index (χ1n) is 4.98. The van der Waals surface area contributed by atoms with Crippen LogP contribution < -0.4 is 11.1 Å². The van der Waals surface area contributed by atoms with E-state index in [-0.39, 0.29) is 0 Å². The Morgan fingerprint density at radius 2 is 2.12 bits per heavy atom. The van der Waals surface area contributed by atoms with E-state index in [9.17, 15) is 0 Å². The molecule has 0 bridgehead atoms. The lowest BCUT2D eigenvalue weighted by Crippen LogP contribution is -2.04. The van der Waals surface area contributed by atoms with E-state index in [1.165, 1.54) is 0 Å². The molecule has 0 radical (unpaired) electrons. The maximum absolute atomic E-state index is 5.71. The Morgan fingerprint density at radius 3 is 2.69 bits per heavy atom. The van der Waals surface area contributed by atoms with Gasteiger partial charge >= 0.3 is 0 Å². The number of anilines is 2. The van der Waals surface area contributed by atoms with Crippen molar-refractivity contribution in [3.05, 3.63) is 29.6 Å². The Labute approximate surface area is 93.3 Å². The zero-order chi connectivity index (χ0) is 11.5. The predicted octanol–water partition coefficient (Wildman–Crippen LogP) is 1.01. The average molecular weight is 218 g/mol. The number of nitrogens with zero attached hydrogens (tertiary/aromatic N) is 3. The largest absolute Gasteiger partial charge is 0.382 e. The summed E-state index contributed by atoms with van der Waals surface area (Å²) in [4.78, 5) is 15.5. The summed E-state index contributed by atoms with van der Waals surface area (Å²) in [6.45, 7) is 4.31. The fraction of sp³-hybridized carbons (Fsp3) is 0.300. The molecule has 2 aromatic rings. The standard InChI is InChI=1S/C10H14N6/c1-6-3-13-8(4-12-6)5-14-10-9(11)15-7(2)16-10/h3-4,14H,5,11H2,1-2H3,(H,15,16). The normalized spacial score (nSPS) is 10.4. The highest BCUT2D eigenvalue weighted by Gasteiger charge is 2.04. The first kappa shape index (κ1) is 10.4. The zero-order valence-electron chi connectivity index (χ0n) is 9.28. The van der Waals surface area contributed by atoms with Gasteiger partial charge in [-0.3, -0.25) is 9.97 Å². The van der Waals surface area contributed by atoms with Crippen molar-refractivity contribution in [3.63, 3.8) is 0 Å². The molecule has 0 fully saturated rings. The smallest absolute Gasteiger partial charge is 0.169 e. The van der Waals surface area contributed by atoms with Crippen molar-refractivity contribution in [1.29, 1.82) is 0 Å². The van der Waals surface area contributed by atoms with Crippen LogP contribution in [0.3, 0.4) is 0 Å². The maximum atomic E-state index is 5.71. The molecule has 0 unspecified atom stereocenters. The number of hydrogen-bond donors (Lipinski definition) is 3. The average Bonchev–Trinajstić information content (AvgIpc) is 2.57. The van der Waals surface area contributed by atoms with E-state index in [4.69, 9.17) is 5.73 Å². The molecule has 0 spiro atoms. The van der Waals surface area contributed by atoms with Gasteiger partial charge in [-0.15, -0.1) is 0 Å². The van der Waals surface area contributed by atoms with Gasteiger partial charge in [0.15, 0.2) is 5.82 Å². The fourth-order valence-electron chi connectivity index (χ4n) is 1.33. The number of aromatic amines is 1. The molecule has 0 saturated carbocycles. The van der Waals surface area contributed by atoms with Crippen molar-refractivity contribution in [2.75, 3.05) is 11.1 Å². The van der Waals surface area contributed by atoms with Crippen molar-refractivity contribution in [3.8, 4) is 0 Å². The highest BCUT2D eigenvalue weighted by atomic mass is 15.1. The summed E-state index contributed by atoms with van der Waals surface area (Å²) < 4.78 is 0. The number of nitrogens with two attached hydrogens (primary N) is 1. The third kappa shape index (κ3) is 2.28. The fourth-order valence-corrected chi connectivity index (χ4v) is 1.33. The summed E-state index contributed by atoms with van der Waals surface area (Å²) in [5.74, 6) is 1.98. The third-order valence-corrected chi connectivity index (χ3v) is 2.12. The number of imidazole rings is 1. The predicted molar refractivity (Wildman–Crippen MR) is 61.8 cm³/mol. The van der Waals surface area contributed by atoms with Crippen LogP contribution >= 0.6 is 0 Å². The summed E-state index contributed by atoms with van der Waals surface area (Å²) in [7, 11) is 0. The third-order valence-electron chi connectivity index (χ3n) is 2.12. The molecule has 4 N–H and O–H groups in total. The number of H-pyrrole nitrogens is 1. The van der Waals surface area contributed by atoms with Gasteiger partial charge in [0.1, 0.15) is 11.6 Å². The van der Waals surface area contributed by atoms with E-state index in [0.29, 0.717) is 18.2 Å². The minimum absolute atomic E-state index is 0.539. The highest BCUT2D eigenvalue weighted by Crippen LogP contribution is 2.14. The number of nitrogens with one attached hydrogen (secondary N) is 2. The van der Waals surface area contributed by atoms with Gasteiger partial charge in [-0.05, 0) is 13.8 Å². The Morgan fingerprint density at radius 1 is 1.31 bits per heavy atom. The van der Waals surface area contributed by atoms with Crippen LogP contribution in [-0.2, 0) is 6.54 Å². The molecule has 16 heavy (non-hydrogen) atoms. The molecular formula is C10H14N6. The lowest BCUT2D eigenvalue weighted by Gasteiger charge is -2.03. The van der Waals surface area contributed by atoms with Crippen LogP contribution in [0.15, 0.2) is 12.4 Å². The van der Waals surface area contributed by atoms with Crippen LogP contribution in [0.4, 0.5) is 11.6 Å². The van der Waals surface area contributed by atoms with E-state index < -0.39 is 0 Å². The van der Waals surface area contributed by atoms with Gasteiger partial charge in [0.25, 0.3) is 0 Å². The number of aryl methyl sites for hydroxylation is 2. The number of hydrogen-bond acceptors (Lipinski definition) is 5. The molecule has 0 atom stereocenters. The van der Waals surface area contributed by atoms with Crippen LogP contribution in [0.5, 0.6) is 0 Å². The van der Waals surface area contributed by atoms with Gasteiger partial charge in [-0.1, -0.05) is 0 Å². The molecule has 2 heterocycles. The molecule has 0 aliphatic rings. The van der Waals surface area contributed by atoms with Crippen molar-refractivity contribution in [2.24, 2.45) is 0 Å². The van der Waals surface area contributed by atoms with E-state index in [2.05, 4.69) is 25.3 Å². The molecule has 2 rings (SSSR count). The maximum Gasteiger partial charge on any atom is 0.169 e. The van der Waals surface area contributed by atoms with Gasteiger partial charge in [0, 0.05) is 6.20 Å². The van der Waals surface area contributed by atoms with E-state index in [1.54, 1.807) is 12.4 Å². The first-order chi connectivity index (χ1) is 7.65. The highest BCUT2D eigenvalue weighted by molar-refractivity contribution is 5.56. The second-order valence-electron chi connectivity index (χ2n) is 3.59. The van der Waals surface area contributed by atoms with Crippen LogP contribution in [0.2, 0.25) is 0 Å². The lowest BCUT2D eigenvalue weighted by molar-refractivity contribution is 0.978. The van der Waals surface area contributed by atoms with Gasteiger partial charge in [0.05, 0.1) is 24.1 Å². The number of nitrogen functional groups attached to an aromatic ring is 1. The molecule has 0 aromatic carbocycles. The van der Waals surface area contributed by atoms with Crippen molar-refractivity contribution in [2.45, 2.75) is 20.4 Å². The number of rotatable bonds is 3. The second-order valence-corrected chi connectivity index (χ2v) is 3.59. The second kappa shape index (κ2) is 4.18. The molecule has 0 aliphatic heterocycles. The molecule has 6 nitrogen and oxygen atoms in total. The summed E-state index contributed by atoms with van der Waals surface area (Å²) in [5, 5.41) is 3.10. The van der Waals surface area contributed by atoms with E-state index in [0.717, 1.165) is 17.2 Å². The summed E-state index contributed by atoms with van der Waals surface area (Å²) in [5.41, 5.74) is 7.47. The van der Waals surface area contributed by atoms with Gasteiger partial charge in [-0.25, -0.2) is 4.98 Å². The Bertz CT molecular complexity index is 473. The Balaban J connectivity index is 2.02. The van der Waals surface area contributed by atoms with Crippen molar-refractivity contribution < 1.29 is 0 Å². The van der Waals surface area contributed by atoms with Crippen molar-refractivity contribution >= 4 is 11.6 Å². The molecular weight excluding hydrogens is 204 g/mol. The zero-order valence-corrected chi connectivity index (χ0v) is 9.28. The Kier molecular flexibility index (Phi) is 2.72. The Hall–Kier alpha value is -2.11. The van der Waals surface area contributed by atoms with Gasteiger partial charge in [0.2, 0.25) is 0 Å². The van der Waals surface area contributed by atoms with Crippen LogP contribution in [-0.4, -0.2) is 19.9 Å². The summed E-state index contributed by atoms with van der Waals surface area (Å²) in [6.07, 6.45) is 3.47. The monoisotopic (exact) mass is 218 g/mol. The first-order valence-corrected chi connectivity index (χ1v) is 4.98. The molecule has 6 heteroatoms. The topological polar surface area (TPSA) is 92.5 Å². The van der Waals surface area contributed by atoms with Crippen LogP contribution in [0.25, 0.3) is 0 Å². The number of aromatic nitrogens is 4. The molecule has 84 valence electrons. The summed E-state index contributed by atoms with van der Waals surface area (Å²) >= 11 is 0. The van der Waals surface area contributed by atoms with Crippen LogP contribution in [0.1, 0.15) is 17.2 Å². The van der Waals surface area contributed by atoms with Gasteiger partial charge < -0.3 is 16.0 Å². The molecule has 0 saturated heterocycles. The van der Waals surface area contributed by atoms with E-state index >= 15 is 0 Å². The molecule has 0 aliphatic carbocycles. The lowest BCUT2D eigenvalue weighted by atomic mass is 10.4. The molecule has 2 aromatic heterocycles. The quantitative estimate of drug-likeness (QED) is 0.715. The minimum atomic E-state index is 0.539. The SMILES string of the molecule is Cc1cnc(CNc2nc(C)[nH]c2N)cn1. The van der Waals surface area contributed by atoms with Gasteiger partial charge in [-0.2, -0.15) is 0 Å². The van der Waals surface area contributed by atoms with Crippen LogP contribution in [0, 0.1) is 13.8 Å². The van der Waals surface area contributed by atoms with Crippen molar-refractivity contribution in [1.82, 2.24) is 19.9 Å². The molecule has 0 amide bonds. The van der Waals surface area contributed by atoms with E-state index in [1.807, 2.05) is 13.8 Å². The minimum Gasteiger partial charge on any atom is -0.382 e. The summed E-state index contributed by atoms with van der Waals surface area (Å²) in [6, 6.07) is 0.